The predicted molar refractivity (Wildman–Crippen MR) is 94.2 cm³/mol. The van der Waals surface area contributed by atoms with E-state index in [9.17, 15) is 4.79 Å². The second-order valence-corrected chi connectivity index (χ2v) is 5.82. The standard InChI is InChI=1S/C19H17N3O2/c1-12-18(16-9-5-7-13-6-3-4-8-15(13)16)19-20-14(11-24-2)10-17(23)22(19)21-12/h3-10,21H,11H2,1-2H3. The molecule has 0 aliphatic rings. The maximum absolute atomic E-state index is 12.4. The van der Waals surface area contributed by atoms with E-state index in [1.54, 1.807) is 7.11 Å². The molecule has 4 rings (SSSR count). The molecule has 0 fully saturated rings. The molecule has 4 aromatic rings. The van der Waals surface area contributed by atoms with Crippen LogP contribution in [0.4, 0.5) is 0 Å². The number of benzene rings is 2. The van der Waals surface area contributed by atoms with Crippen molar-refractivity contribution in [2.24, 2.45) is 0 Å². The van der Waals surface area contributed by atoms with Crippen molar-refractivity contribution in [3.05, 3.63) is 70.3 Å². The Labute approximate surface area is 138 Å². The van der Waals surface area contributed by atoms with Crippen molar-refractivity contribution < 1.29 is 4.74 Å². The number of methoxy groups -OCH3 is 1. The van der Waals surface area contributed by atoms with Gasteiger partial charge in [-0.15, -0.1) is 0 Å². The van der Waals surface area contributed by atoms with Gasteiger partial charge < -0.3 is 4.74 Å². The van der Waals surface area contributed by atoms with Crippen LogP contribution in [0.15, 0.2) is 53.3 Å². The number of nitrogens with one attached hydrogen (secondary N) is 1. The van der Waals surface area contributed by atoms with Crippen LogP contribution in [0.2, 0.25) is 0 Å². The van der Waals surface area contributed by atoms with E-state index < -0.39 is 0 Å². The average molecular weight is 319 g/mol. The normalized spacial score (nSPS) is 11.4. The lowest BCUT2D eigenvalue weighted by Gasteiger charge is -2.07. The molecule has 0 amide bonds. The van der Waals surface area contributed by atoms with Gasteiger partial charge in [0.2, 0.25) is 0 Å². The molecule has 0 radical (unpaired) electrons. The minimum absolute atomic E-state index is 0.137. The van der Waals surface area contributed by atoms with Gasteiger partial charge in [0.1, 0.15) is 0 Å². The summed E-state index contributed by atoms with van der Waals surface area (Å²) < 4.78 is 6.63. The topological polar surface area (TPSA) is 59.4 Å². The Balaban J connectivity index is 2.09. The Hall–Kier alpha value is -2.92. The van der Waals surface area contributed by atoms with E-state index in [2.05, 4.69) is 34.3 Å². The first kappa shape index (κ1) is 14.7. The highest BCUT2D eigenvalue weighted by Crippen LogP contribution is 2.32. The van der Waals surface area contributed by atoms with Crippen LogP contribution in [-0.4, -0.2) is 21.7 Å². The molecule has 5 heteroatoms. The van der Waals surface area contributed by atoms with Gasteiger partial charge in [-0.25, -0.2) is 9.50 Å². The van der Waals surface area contributed by atoms with Gasteiger partial charge in [0.05, 0.1) is 12.3 Å². The highest BCUT2D eigenvalue weighted by Gasteiger charge is 2.16. The van der Waals surface area contributed by atoms with Crippen molar-refractivity contribution in [1.82, 2.24) is 14.6 Å². The molecule has 2 aromatic heterocycles. The molecule has 0 atom stereocenters. The number of fused-ring (bicyclic) bond motifs is 2. The van der Waals surface area contributed by atoms with E-state index in [0.717, 1.165) is 27.6 Å². The third-order valence-electron chi connectivity index (χ3n) is 4.20. The molecule has 0 spiro atoms. The van der Waals surface area contributed by atoms with Crippen LogP contribution < -0.4 is 5.56 Å². The van der Waals surface area contributed by atoms with Crippen molar-refractivity contribution in [1.29, 1.82) is 0 Å². The van der Waals surface area contributed by atoms with Crippen molar-refractivity contribution in [2.75, 3.05) is 7.11 Å². The SMILES string of the molecule is COCc1cc(=O)n2[nH]c(C)c(-c3cccc4ccccc34)c2n1. The van der Waals surface area contributed by atoms with Crippen molar-refractivity contribution in [3.63, 3.8) is 0 Å². The van der Waals surface area contributed by atoms with Crippen LogP contribution in [0.25, 0.3) is 27.5 Å². The molecule has 0 aliphatic carbocycles. The number of aromatic amines is 1. The van der Waals surface area contributed by atoms with Crippen LogP contribution in [0.1, 0.15) is 11.4 Å². The maximum atomic E-state index is 12.4. The minimum Gasteiger partial charge on any atom is -0.378 e. The third-order valence-corrected chi connectivity index (χ3v) is 4.20. The third kappa shape index (κ3) is 2.21. The van der Waals surface area contributed by atoms with Crippen molar-refractivity contribution in [3.8, 4) is 11.1 Å². The largest absolute Gasteiger partial charge is 0.378 e. The van der Waals surface area contributed by atoms with E-state index >= 15 is 0 Å². The van der Waals surface area contributed by atoms with Gasteiger partial charge in [-0.05, 0) is 23.3 Å². The molecule has 0 saturated carbocycles. The predicted octanol–water partition coefficient (Wildman–Crippen LogP) is 3.30. The number of aryl methyl sites for hydroxylation is 1. The molecule has 0 bridgehead atoms. The van der Waals surface area contributed by atoms with Gasteiger partial charge in [0.25, 0.3) is 5.56 Å². The summed E-state index contributed by atoms with van der Waals surface area (Å²) in [7, 11) is 1.59. The molecule has 0 aliphatic heterocycles. The van der Waals surface area contributed by atoms with Gasteiger partial charge in [0.15, 0.2) is 5.65 Å². The van der Waals surface area contributed by atoms with Crippen LogP contribution in [-0.2, 0) is 11.3 Å². The van der Waals surface area contributed by atoms with Gasteiger partial charge in [-0.2, -0.15) is 0 Å². The zero-order valence-electron chi connectivity index (χ0n) is 13.5. The Morgan fingerprint density at radius 2 is 1.96 bits per heavy atom. The summed E-state index contributed by atoms with van der Waals surface area (Å²) in [5, 5.41) is 5.42. The highest BCUT2D eigenvalue weighted by atomic mass is 16.5. The lowest BCUT2D eigenvalue weighted by molar-refractivity contribution is 0.181. The first-order valence-corrected chi connectivity index (χ1v) is 7.77. The first-order valence-electron chi connectivity index (χ1n) is 7.77. The Morgan fingerprint density at radius 3 is 2.79 bits per heavy atom. The van der Waals surface area contributed by atoms with Crippen LogP contribution in [0.3, 0.4) is 0 Å². The number of nitrogens with zero attached hydrogens (tertiary/aromatic N) is 2. The van der Waals surface area contributed by atoms with Crippen LogP contribution in [0, 0.1) is 6.92 Å². The molecule has 2 aromatic carbocycles. The molecule has 120 valence electrons. The quantitative estimate of drug-likeness (QED) is 0.630. The molecule has 5 nitrogen and oxygen atoms in total. The fourth-order valence-electron chi connectivity index (χ4n) is 3.18. The van der Waals surface area contributed by atoms with Crippen LogP contribution >= 0.6 is 0 Å². The van der Waals surface area contributed by atoms with Crippen molar-refractivity contribution >= 4 is 16.4 Å². The molecule has 2 heterocycles. The zero-order valence-corrected chi connectivity index (χ0v) is 13.5. The number of hydrogen-bond acceptors (Lipinski definition) is 3. The number of H-pyrrole nitrogens is 1. The second-order valence-electron chi connectivity index (χ2n) is 5.82. The smallest absolute Gasteiger partial charge is 0.273 e. The maximum Gasteiger partial charge on any atom is 0.273 e. The summed E-state index contributed by atoms with van der Waals surface area (Å²) in [6, 6.07) is 15.9. The van der Waals surface area contributed by atoms with Gasteiger partial charge in [0, 0.05) is 24.4 Å². The number of hydrogen-bond donors (Lipinski definition) is 1. The summed E-state index contributed by atoms with van der Waals surface area (Å²) in [6.45, 7) is 2.27. The van der Waals surface area contributed by atoms with E-state index in [1.807, 2.05) is 25.1 Å². The minimum atomic E-state index is -0.137. The molecule has 0 saturated heterocycles. The summed E-state index contributed by atoms with van der Waals surface area (Å²) in [5.41, 5.74) is 4.03. The van der Waals surface area contributed by atoms with Gasteiger partial charge in [-0.3, -0.25) is 9.89 Å². The summed E-state index contributed by atoms with van der Waals surface area (Å²) >= 11 is 0. The average Bonchev–Trinajstić information content (AvgIpc) is 2.91. The van der Waals surface area contributed by atoms with E-state index in [-0.39, 0.29) is 5.56 Å². The summed E-state index contributed by atoms with van der Waals surface area (Å²) in [6.07, 6.45) is 0. The number of ether oxygens (including phenoxy) is 1. The molecule has 0 unspecified atom stereocenters. The van der Waals surface area contributed by atoms with Gasteiger partial charge in [-0.1, -0.05) is 42.5 Å². The van der Waals surface area contributed by atoms with Crippen LogP contribution in [0.5, 0.6) is 0 Å². The fourth-order valence-corrected chi connectivity index (χ4v) is 3.18. The summed E-state index contributed by atoms with van der Waals surface area (Å²) in [5.74, 6) is 0. The lowest BCUT2D eigenvalue weighted by atomic mass is 9.98. The Kier molecular flexibility index (Phi) is 3.43. The lowest BCUT2D eigenvalue weighted by Crippen LogP contribution is -2.15. The van der Waals surface area contributed by atoms with E-state index in [4.69, 9.17) is 4.74 Å². The highest BCUT2D eigenvalue weighted by molar-refractivity contribution is 6.00. The monoisotopic (exact) mass is 319 g/mol. The number of rotatable bonds is 3. The zero-order chi connectivity index (χ0) is 16.7. The summed E-state index contributed by atoms with van der Waals surface area (Å²) in [4.78, 5) is 17.0. The Bertz CT molecular complexity index is 1100. The Morgan fingerprint density at radius 1 is 1.17 bits per heavy atom. The molecule has 24 heavy (non-hydrogen) atoms. The first-order chi connectivity index (χ1) is 11.7. The van der Waals surface area contributed by atoms with Crippen molar-refractivity contribution in [2.45, 2.75) is 13.5 Å². The molecule has 1 N–H and O–H groups in total. The number of aromatic nitrogens is 3. The fraction of sp³-hybridized carbons (Fsp3) is 0.158. The second kappa shape index (κ2) is 5.62. The molecular weight excluding hydrogens is 302 g/mol. The van der Waals surface area contributed by atoms with E-state index in [1.165, 1.54) is 10.6 Å². The van der Waals surface area contributed by atoms with Gasteiger partial charge >= 0.3 is 0 Å². The van der Waals surface area contributed by atoms with E-state index in [0.29, 0.717) is 17.9 Å². The molecular formula is C19H17N3O2.